The Bertz CT molecular complexity index is 526. The van der Waals surface area contributed by atoms with Gasteiger partial charge in [-0.3, -0.25) is 4.79 Å². The number of carbonyl (C=O) groups is 1. The largest absolute Gasteiger partial charge is 0.294 e. The van der Waals surface area contributed by atoms with Crippen molar-refractivity contribution in [1.29, 1.82) is 0 Å². The first kappa shape index (κ1) is 14.0. The second-order valence-electron chi connectivity index (χ2n) is 5.98. The molecular weight excluding hydrogens is 232 g/mol. The Balaban J connectivity index is 2.48. The molecule has 0 aromatic heterocycles. The second kappa shape index (κ2) is 5.32. The first-order chi connectivity index (χ1) is 8.95. The van der Waals surface area contributed by atoms with E-state index in [4.69, 9.17) is 0 Å². The monoisotopic (exact) mass is 256 g/mol. The Labute approximate surface area is 116 Å². The first-order valence-electron chi connectivity index (χ1n) is 7.27. The van der Waals surface area contributed by atoms with Gasteiger partial charge in [-0.1, -0.05) is 36.6 Å². The Morgan fingerprint density at radius 3 is 2.21 bits per heavy atom. The number of Topliss-reactive ketones (excluding diaryl/α,β-unsaturated/α-hetero) is 1. The van der Waals surface area contributed by atoms with Crippen LogP contribution in [-0.2, 0) is 4.79 Å². The minimum absolute atomic E-state index is 0.222. The second-order valence-corrected chi connectivity index (χ2v) is 5.98. The lowest BCUT2D eigenvalue weighted by atomic mass is 9.89. The van der Waals surface area contributed by atoms with Crippen molar-refractivity contribution in [2.24, 2.45) is 5.92 Å². The molecule has 2 rings (SSSR count). The van der Waals surface area contributed by atoms with Gasteiger partial charge in [0.1, 0.15) is 0 Å². The van der Waals surface area contributed by atoms with Gasteiger partial charge in [0.15, 0.2) is 5.78 Å². The van der Waals surface area contributed by atoms with Crippen LogP contribution >= 0.6 is 0 Å². The molecule has 102 valence electrons. The zero-order valence-corrected chi connectivity index (χ0v) is 12.8. The Morgan fingerprint density at radius 1 is 1.11 bits per heavy atom. The van der Waals surface area contributed by atoms with Gasteiger partial charge in [-0.15, -0.1) is 0 Å². The Morgan fingerprint density at radius 2 is 1.68 bits per heavy atom. The van der Waals surface area contributed by atoms with E-state index < -0.39 is 0 Å². The zero-order chi connectivity index (χ0) is 14.2. The maximum Gasteiger partial charge on any atom is 0.166 e. The molecule has 0 aliphatic heterocycles. The van der Waals surface area contributed by atoms with Crippen LogP contribution in [0, 0.1) is 26.7 Å². The van der Waals surface area contributed by atoms with Gasteiger partial charge in [-0.25, -0.2) is 0 Å². The smallest absolute Gasteiger partial charge is 0.166 e. The molecule has 1 nitrogen and oxygen atoms in total. The molecule has 1 aromatic rings. The van der Waals surface area contributed by atoms with E-state index in [1.807, 2.05) is 0 Å². The van der Waals surface area contributed by atoms with Crippen molar-refractivity contribution in [3.8, 4) is 0 Å². The fourth-order valence-electron chi connectivity index (χ4n) is 3.47. The fraction of sp³-hybridized carbons (Fsp3) is 0.500. The number of aryl methyl sites for hydroxylation is 3. The highest BCUT2D eigenvalue weighted by Gasteiger charge is 2.32. The standard InChI is InChI=1S/C18H24O/c1-6-7-15-10-14(5)17(18(15)19)16-12(3)8-11(2)9-13(16)4/h8-9,15H,6-7,10H2,1-5H3. The molecule has 1 aliphatic rings. The van der Waals surface area contributed by atoms with Crippen molar-refractivity contribution < 1.29 is 4.79 Å². The summed E-state index contributed by atoms with van der Waals surface area (Å²) in [6.45, 7) is 10.6. The van der Waals surface area contributed by atoms with Gasteiger partial charge in [0.05, 0.1) is 0 Å². The zero-order valence-electron chi connectivity index (χ0n) is 12.8. The summed E-state index contributed by atoms with van der Waals surface area (Å²) in [5.41, 5.74) is 7.21. The predicted octanol–water partition coefficient (Wildman–Crippen LogP) is 4.77. The summed E-state index contributed by atoms with van der Waals surface area (Å²) >= 11 is 0. The van der Waals surface area contributed by atoms with E-state index in [0.29, 0.717) is 5.78 Å². The van der Waals surface area contributed by atoms with Gasteiger partial charge in [-0.2, -0.15) is 0 Å². The molecular formula is C18H24O. The lowest BCUT2D eigenvalue weighted by molar-refractivity contribution is -0.116. The quantitative estimate of drug-likeness (QED) is 0.761. The third-order valence-electron chi connectivity index (χ3n) is 4.16. The molecule has 0 fully saturated rings. The molecule has 0 heterocycles. The molecule has 0 spiro atoms. The number of benzene rings is 1. The van der Waals surface area contributed by atoms with Gasteiger partial charge in [0.2, 0.25) is 0 Å². The molecule has 1 aromatic carbocycles. The fourth-order valence-corrected chi connectivity index (χ4v) is 3.47. The summed E-state index contributed by atoms with van der Waals surface area (Å²) in [5.74, 6) is 0.592. The average molecular weight is 256 g/mol. The van der Waals surface area contributed by atoms with Gasteiger partial charge in [-0.05, 0) is 57.2 Å². The number of hydrogen-bond donors (Lipinski definition) is 0. The maximum absolute atomic E-state index is 12.6. The van der Waals surface area contributed by atoms with Crippen LogP contribution in [0.2, 0.25) is 0 Å². The van der Waals surface area contributed by atoms with Crippen molar-refractivity contribution in [2.75, 3.05) is 0 Å². The third-order valence-corrected chi connectivity index (χ3v) is 4.16. The molecule has 0 radical (unpaired) electrons. The molecule has 1 aliphatic carbocycles. The van der Waals surface area contributed by atoms with E-state index in [-0.39, 0.29) is 5.92 Å². The van der Waals surface area contributed by atoms with Crippen LogP contribution in [0.15, 0.2) is 17.7 Å². The molecule has 0 bridgehead atoms. The highest BCUT2D eigenvalue weighted by molar-refractivity contribution is 6.25. The van der Waals surface area contributed by atoms with Gasteiger partial charge in [0, 0.05) is 11.5 Å². The molecule has 0 amide bonds. The topological polar surface area (TPSA) is 17.1 Å². The van der Waals surface area contributed by atoms with Gasteiger partial charge in [0.25, 0.3) is 0 Å². The minimum Gasteiger partial charge on any atom is -0.294 e. The summed E-state index contributed by atoms with van der Waals surface area (Å²) < 4.78 is 0. The highest BCUT2D eigenvalue weighted by Crippen LogP contribution is 2.39. The summed E-state index contributed by atoms with van der Waals surface area (Å²) in [6, 6.07) is 4.37. The summed E-state index contributed by atoms with van der Waals surface area (Å²) in [5, 5.41) is 0. The van der Waals surface area contributed by atoms with Crippen LogP contribution in [0.3, 0.4) is 0 Å². The van der Waals surface area contributed by atoms with Crippen molar-refractivity contribution in [2.45, 2.75) is 53.9 Å². The Hall–Kier alpha value is -1.37. The van der Waals surface area contributed by atoms with Crippen molar-refractivity contribution in [3.63, 3.8) is 0 Å². The van der Waals surface area contributed by atoms with Crippen LogP contribution in [0.5, 0.6) is 0 Å². The van der Waals surface area contributed by atoms with Crippen LogP contribution < -0.4 is 0 Å². The summed E-state index contributed by atoms with van der Waals surface area (Å²) in [4.78, 5) is 12.6. The first-order valence-corrected chi connectivity index (χ1v) is 7.27. The van der Waals surface area contributed by atoms with E-state index in [9.17, 15) is 4.79 Å². The molecule has 1 atom stereocenters. The molecule has 0 saturated heterocycles. The number of carbonyl (C=O) groups excluding carboxylic acids is 1. The molecule has 0 saturated carbocycles. The lowest BCUT2D eigenvalue weighted by Crippen LogP contribution is -2.10. The van der Waals surface area contributed by atoms with E-state index >= 15 is 0 Å². The van der Waals surface area contributed by atoms with E-state index in [0.717, 1.165) is 24.8 Å². The molecule has 1 unspecified atom stereocenters. The number of rotatable bonds is 3. The third kappa shape index (κ3) is 2.51. The molecule has 1 heteroatoms. The van der Waals surface area contributed by atoms with Crippen molar-refractivity contribution in [3.05, 3.63) is 40.0 Å². The average Bonchev–Trinajstić information content (AvgIpc) is 2.56. The summed E-state index contributed by atoms with van der Waals surface area (Å²) in [6.07, 6.45) is 3.06. The number of ketones is 1. The van der Waals surface area contributed by atoms with Crippen LogP contribution in [0.4, 0.5) is 0 Å². The predicted molar refractivity (Wildman–Crippen MR) is 81.3 cm³/mol. The maximum atomic E-state index is 12.6. The van der Waals surface area contributed by atoms with Crippen LogP contribution in [0.1, 0.15) is 55.4 Å². The summed E-state index contributed by atoms with van der Waals surface area (Å²) in [7, 11) is 0. The number of allylic oxidation sites excluding steroid dienone is 2. The minimum atomic E-state index is 0.222. The van der Waals surface area contributed by atoms with Gasteiger partial charge < -0.3 is 0 Å². The SMILES string of the molecule is CCCC1CC(C)=C(c2c(C)cc(C)cc2C)C1=O. The molecule has 0 N–H and O–H groups in total. The lowest BCUT2D eigenvalue weighted by Gasteiger charge is -2.14. The van der Waals surface area contributed by atoms with Crippen LogP contribution in [-0.4, -0.2) is 5.78 Å². The highest BCUT2D eigenvalue weighted by atomic mass is 16.1. The van der Waals surface area contributed by atoms with Gasteiger partial charge >= 0.3 is 0 Å². The van der Waals surface area contributed by atoms with E-state index in [1.165, 1.54) is 27.8 Å². The Kier molecular flexibility index (Phi) is 3.93. The number of hydrogen-bond acceptors (Lipinski definition) is 1. The van der Waals surface area contributed by atoms with E-state index in [1.54, 1.807) is 0 Å². The van der Waals surface area contributed by atoms with Crippen molar-refractivity contribution >= 4 is 11.4 Å². The van der Waals surface area contributed by atoms with Crippen LogP contribution in [0.25, 0.3) is 5.57 Å². The van der Waals surface area contributed by atoms with E-state index in [2.05, 4.69) is 46.8 Å². The van der Waals surface area contributed by atoms with Crippen molar-refractivity contribution in [1.82, 2.24) is 0 Å². The molecule has 19 heavy (non-hydrogen) atoms. The normalized spacial score (nSPS) is 19.4.